The van der Waals surface area contributed by atoms with E-state index in [0.717, 1.165) is 5.56 Å². The summed E-state index contributed by atoms with van der Waals surface area (Å²) in [5.74, 6) is -3.77. The normalized spacial score (nSPS) is 18.6. The molecule has 3 rings (SSSR count). The molecule has 25 heavy (non-hydrogen) atoms. The highest BCUT2D eigenvalue weighted by molar-refractivity contribution is 7.91. The molecule has 0 saturated carbocycles. The maximum atomic E-state index is 13.0. The number of ether oxygens (including phenoxy) is 1. The Kier molecular flexibility index (Phi) is 5.01. The molecule has 0 N–H and O–H groups in total. The van der Waals surface area contributed by atoms with Crippen LogP contribution < -0.4 is 4.90 Å². The second-order valence-corrected chi connectivity index (χ2v) is 7.57. The molecule has 0 aromatic heterocycles. The number of sulfone groups is 1. The van der Waals surface area contributed by atoms with Crippen LogP contribution >= 0.6 is 0 Å². The van der Waals surface area contributed by atoms with E-state index >= 15 is 0 Å². The molecule has 1 atom stereocenters. The molecule has 4 nitrogen and oxygen atoms in total. The lowest BCUT2D eigenvalue weighted by atomic mass is 10.1. The zero-order valence-corrected chi connectivity index (χ0v) is 13.9. The maximum absolute atomic E-state index is 13.0. The number of anilines is 1. The highest BCUT2D eigenvalue weighted by Gasteiger charge is 2.27. The van der Waals surface area contributed by atoms with Gasteiger partial charge < -0.3 is 9.64 Å². The minimum Gasteiger partial charge on any atom is -0.370 e. The van der Waals surface area contributed by atoms with Crippen molar-refractivity contribution in [1.82, 2.24) is 0 Å². The van der Waals surface area contributed by atoms with Gasteiger partial charge in [-0.3, -0.25) is 0 Å². The first-order valence-corrected chi connectivity index (χ1v) is 9.16. The minimum atomic E-state index is -4.59. The van der Waals surface area contributed by atoms with Crippen LogP contribution in [0.1, 0.15) is 11.7 Å². The van der Waals surface area contributed by atoms with Gasteiger partial charge in [-0.05, 0) is 42.0 Å². The first-order valence-electron chi connectivity index (χ1n) is 7.62. The molecule has 1 aliphatic rings. The summed E-state index contributed by atoms with van der Waals surface area (Å²) in [4.78, 5) is 1.56. The lowest BCUT2D eigenvalue weighted by Gasteiger charge is -2.34. The van der Waals surface area contributed by atoms with Gasteiger partial charge in [0.2, 0.25) is 9.84 Å². The van der Waals surface area contributed by atoms with E-state index in [1.54, 1.807) is 12.1 Å². The highest BCUT2D eigenvalue weighted by Crippen LogP contribution is 2.28. The number of morpholine rings is 1. The monoisotopic (exact) mass is 371 g/mol. The molecule has 8 heteroatoms. The summed E-state index contributed by atoms with van der Waals surface area (Å²) >= 11 is 0. The van der Waals surface area contributed by atoms with Gasteiger partial charge in [-0.15, -0.1) is 0 Å². The summed E-state index contributed by atoms with van der Waals surface area (Å²) in [5.41, 5.74) is 1.55. The standard InChI is InChI=1S/C17H16F3NO3S/c18-13-3-1-12(2-4-13)16-11-21(9-10-24-16)14-5-7-15(8-6-14)25(22,23)17(19)20/h1-8,16-17H,9-11H2/t16-/m1/s1. The van der Waals surface area contributed by atoms with Crippen molar-refractivity contribution in [2.24, 2.45) is 0 Å². The molecule has 134 valence electrons. The Labute approximate surface area is 143 Å². The molecule has 1 heterocycles. The van der Waals surface area contributed by atoms with Crippen LogP contribution in [0.3, 0.4) is 0 Å². The van der Waals surface area contributed by atoms with Gasteiger partial charge in [-0.25, -0.2) is 12.8 Å². The Balaban J connectivity index is 1.76. The zero-order chi connectivity index (χ0) is 18.0. The van der Waals surface area contributed by atoms with Crippen molar-refractivity contribution >= 4 is 15.5 Å². The van der Waals surface area contributed by atoms with Gasteiger partial charge in [-0.2, -0.15) is 8.78 Å². The van der Waals surface area contributed by atoms with Crippen molar-refractivity contribution in [2.45, 2.75) is 16.8 Å². The fourth-order valence-corrected chi connectivity index (χ4v) is 3.43. The first-order chi connectivity index (χ1) is 11.9. The average molecular weight is 371 g/mol. The van der Waals surface area contributed by atoms with Crippen molar-refractivity contribution in [1.29, 1.82) is 0 Å². The summed E-state index contributed by atoms with van der Waals surface area (Å²) in [6, 6.07) is 11.4. The van der Waals surface area contributed by atoms with Crippen molar-refractivity contribution in [3.63, 3.8) is 0 Å². The van der Waals surface area contributed by atoms with E-state index in [1.807, 2.05) is 4.90 Å². The number of hydrogen-bond donors (Lipinski definition) is 0. The molecule has 2 aromatic rings. The number of hydrogen-bond acceptors (Lipinski definition) is 4. The number of halogens is 3. The number of rotatable bonds is 4. The van der Waals surface area contributed by atoms with Crippen LogP contribution in [0.25, 0.3) is 0 Å². The molecule has 0 unspecified atom stereocenters. The van der Waals surface area contributed by atoms with Crippen LogP contribution in [-0.4, -0.2) is 33.9 Å². The number of alkyl halides is 2. The Morgan fingerprint density at radius 3 is 2.28 bits per heavy atom. The van der Waals surface area contributed by atoms with Gasteiger partial charge in [0.25, 0.3) is 0 Å². The predicted octanol–water partition coefficient (Wildman–Crippen LogP) is 3.40. The second kappa shape index (κ2) is 7.05. The minimum absolute atomic E-state index is 0.251. The Morgan fingerprint density at radius 1 is 1.04 bits per heavy atom. The van der Waals surface area contributed by atoms with Crippen molar-refractivity contribution in [2.75, 3.05) is 24.6 Å². The topological polar surface area (TPSA) is 46.6 Å². The van der Waals surface area contributed by atoms with Crippen LogP contribution in [-0.2, 0) is 14.6 Å². The predicted molar refractivity (Wildman–Crippen MR) is 86.9 cm³/mol. The summed E-state index contributed by atoms with van der Waals surface area (Å²) in [6.45, 7) is 1.52. The quantitative estimate of drug-likeness (QED) is 0.827. The van der Waals surface area contributed by atoms with E-state index < -0.39 is 20.5 Å². The molecule has 0 amide bonds. The largest absolute Gasteiger partial charge is 0.370 e. The molecular formula is C17H16F3NO3S. The average Bonchev–Trinajstić information content (AvgIpc) is 2.62. The lowest BCUT2D eigenvalue weighted by molar-refractivity contribution is 0.0397. The van der Waals surface area contributed by atoms with Crippen LogP contribution in [0, 0.1) is 5.82 Å². The van der Waals surface area contributed by atoms with Gasteiger partial charge in [0, 0.05) is 18.8 Å². The van der Waals surface area contributed by atoms with Gasteiger partial charge in [0.05, 0.1) is 11.5 Å². The Bertz CT molecular complexity index is 823. The van der Waals surface area contributed by atoms with E-state index in [1.165, 1.54) is 36.4 Å². The molecule has 0 spiro atoms. The first kappa shape index (κ1) is 17.8. The molecular weight excluding hydrogens is 355 g/mol. The van der Waals surface area contributed by atoms with E-state index in [9.17, 15) is 21.6 Å². The van der Waals surface area contributed by atoms with E-state index in [4.69, 9.17) is 4.74 Å². The van der Waals surface area contributed by atoms with Crippen LogP contribution in [0.2, 0.25) is 0 Å². The van der Waals surface area contributed by atoms with E-state index in [-0.39, 0.29) is 11.9 Å². The Morgan fingerprint density at radius 2 is 1.68 bits per heavy atom. The molecule has 0 bridgehead atoms. The summed E-state index contributed by atoms with van der Waals surface area (Å²) in [7, 11) is -4.59. The van der Waals surface area contributed by atoms with Crippen LogP contribution in [0.4, 0.5) is 18.9 Å². The third-order valence-corrected chi connectivity index (χ3v) is 5.47. The number of nitrogens with zero attached hydrogens (tertiary/aromatic N) is 1. The smallest absolute Gasteiger partial charge is 0.341 e. The van der Waals surface area contributed by atoms with Crippen molar-refractivity contribution in [3.05, 3.63) is 59.9 Å². The fourth-order valence-electron chi connectivity index (χ4n) is 2.71. The van der Waals surface area contributed by atoms with Gasteiger partial charge in [0.1, 0.15) is 11.9 Å². The lowest BCUT2D eigenvalue weighted by Crippen LogP contribution is -2.38. The number of benzene rings is 2. The fraction of sp³-hybridized carbons (Fsp3) is 0.294. The van der Waals surface area contributed by atoms with Gasteiger partial charge >= 0.3 is 5.76 Å². The second-order valence-electron chi connectivity index (χ2n) is 5.66. The van der Waals surface area contributed by atoms with Crippen molar-refractivity contribution in [3.8, 4) is 0 Å². The molecule has 0 aliphatic carbocycles. The van der Waals surface area contributed by atoms with Gasteiger partial charge in [0.15, 0.2) is 0 Å². The molecule has 1 saturated heterocycles. The molecule has 1 fully saturated rings. The van der Waals surface area contributed by atoms with Crippen LogP contribution in [0.5, 0.6) is 0 Å². The van der Waals surface area contributed by atoms with E-state index in [0.29, 0.717) is 25.4 Å². The SMILES string of the molecule is O=S(=O)(c1ccc(N2CCO[C@@H](c3ccc(F)cc3)C2)cc1)C(F)F. The van der Waals surface area contributed by atoms with Crippen molar-refractivity contribution < 1.29 is 26.3 Å². The third kappa shape index (κ3) is 3.80. The van der Waals surface area contributed by atoms with Crippen LogP contribution in [0.15, 0.2) is 53.4 Å². The summed E-state index contributed by atoms with van der Waals surface area (Å²) < 4.78 is 66.8. The summed E-state index contributed by atoms with van der Waals surface area (Å²) in [5, 5.41) is 0. The summed E-state index contributed by atoms with van der Waals surface area (Å²) in [6.07, 6.45) is -0.251. The zero-order valence-electron chi connectivity index (χ0n) is 13.1. The Hall–Kier alpha value is -2.06. The molecule has 2 aromatic carbocycles. The molecule has 0 radical (unpaired) electrons. The van der Waals surface area contributed by atoms with Gasteiger partial charge in [-0.1, -0.05) is 12.1 Å². The third-order valence-electron chi connectivity index (χ3n) is 4.07. The molecule has 1 aliphatic heterocycles. The highest BCUT2D eigenvalue weighted by atomic mass is 32.2. The van der Waals surface area contributed by atoms with E-state index in [2.05, 4.69) is 0 Å². The maximum Gasteiger partial charge on any atom is 0.341 e.